The van der Waals surface area contributed by atoms with Crippen LogP contribution in [0.1, 0.15) is 31.4 Å². The van der Waals surface area contributed by atoms with Crippen LogP contribution in [0.15, 0.2) is 60.8 Å². The summed E-state index contributed by atoms with van der Waals surface area (Å²) in [7, 11) is 0. The lowest BCUT2D eigenvalue weighted by atomic mass is 10.0. The predicted octanol–water partition coefficient (Wildman–Crippen LogP) is -0.820. The van der Waals surface area contributed by atoms with Gasteiger partial charge in [-0.1, -0.05) is 48.5 Å². The summed E-state index contributed by atoms with van der Waals surface area (Å²) in [5, 5.41) is 14.9. The summed E-state index contributed by atoms with van der Waals surface area (Å²) in [5.74, 6) is -6.04. The highest BCUT2D eigenvalue weighted by Crippen LogP contribution is 2.19. The van der Waals surface area contributed by atoms with Crippen molar-refractivity contribution in [2.45, 2.75) is 57.5 Å². The molecule has 18 nitrogen and oxygen atoms in total. The maximum absolute atomic E-state index is 13.3. The SMILES string of the molecule is C[C@@H]1NC(=O)[C@H](Cc2c[nH]c3ccccc23)NC(=O)OCOC(=O)[C@H](C)NC(=O)[C@H](CC(=O)OCc2ccccc2)NC(=O)CNC(=O)CNC1=O. The third kappa shape index (κ3) is 11.6. The molecule has 7 N–H and O–H groups in total. The lowest BCUT2D eigenvalue weighted by Gasteiger charge is -2.22. The fourth-order valence-electron chi connectivity index (χ4n) is 4.91. The number of aromatic nitrogens is 1. The number of rotatable bonds is 6. The lowest BCUT2D eigenvalue weighted by Crippen LogP contribution is -2.55. The number of fused-ring (bicyclic) bond motifs is 1. The molecule has 3 aromatic rings. The number of ether oxygens (including phenoxy) is 3. The van der Waals surface area contributed by atoms with Crippen LogP contribution in [0.3, 0.4) is 0 Å². The number of carbonyl (C=O) groups excluding carboxylic acids is 8. The van der Waals surface area contributed by atoms with Gasteiger partial charge >= 0.3 is 18.0 Å². The fourth-order valence-corrected chi connectivity index (χ4v) is 4.91. The molecule has 0 bridgehead atoms. The van der Waals surface area contributed by atoms with E-state index in [1.54, 1.807) is 42.6 Å². The second-order valence-corrected chi connectivity index (χ2v) is 11.7. The lowest BCUT2D eigenvalue weighted by molar-refractivity contribution is -0.155. The molecule has 1 saturated heterocycles. The van der Waals surface area contributed by atoms with Gasteiger partial charge in [-0.2, -0.15) is 0 Å². The highest BCUT2D eigenvalue weighted by atomic mass is 16.7. The molecule has 6 amide bonds. The van der Waals surface area contributed by atoms with E-state index in [-0.39, 0.29) is 13.0 Å². The second-order valence-electron chi connectivity index (χ2n) is 11.7. The van der Waals surface area contributed by atoms with Crippen molar-refractivity contribution in [1.29, 1.82) is 0 Å². The predicted molar refractivity (Wildman–Crippen MR) is 180 cm³/mol. The van der Waals surface area contributed by atoms with Crippen LogP contribution in [0.5, 0.6) is 0 Å². The van der Waals surface area contributed by atoms with Gasteiger partial charge in [0.15, 0.2) is 0 Å². The molecule has 1 aliphatic heterocycles. The highest BCUT2D eigenvalue weighted by molar-refractivity contribution is 5.96. The Morgan fingerprint density at radius 2 is 1.40 bits per heavy atom. The number of alkyl carbamates (subject to hydrolysis) is 1. The quantitative estimate of drug-likeness (QED) is 0.155. The Bertz CT molecular complexity index is 1800. The molecule has 276 valence electrons. The average Bonchev–Trinajstić information content (AvgIpc) is 3.53. The fraction of sp³-hybridized carbons (Fsp3) is 0.353. The molecular formula is C34H39N7O11. The third-order valence-corrected chi connectivity index (χ3v) is 7.70. The Morgan fingerprint density at radius 3 is 2.17 bits per heavy atom. The smallest absolute Gasteiger partial charge is 0.410 e. The largest absolute Gasteiger partial charge is 0.461 e. The van der Waals surface area contributed by atoms with Crippen molar-refractivity contribution < 1.29 is 52.6 Å². The molecule has 0 spiro atoms. The van der Waals surface area contributed by atoms with Crippen LogP contribution in [0.25, 0.3) is 10.9 Å². The number of hydrogen-bond acceptors (Lipinski definition) is 11. The van der Waals surface area contributed by atoms with Gasteiger partial charge in [-0.25, -0.2) is 9.59 Å². The Labute approximate surface area is 297 Å². The topological polar surface area (TPSA) is 252 Å². The molecule has 52 heavy (non-hydrogen) atoms. The second kappa shape index (κ2) is 18.5. The van der Waals surface area contributed by atoms with Gasteiger partial charge in [0.1, 0.15) is 30.8 Å². The number of esters is 2. The Balaban J connectivity index is 1.46. The van der Waals surface area contributed by atoms with Crippen LogP contribution >= 0.6 is 0 Å². The van der Waals surface area contributed by atoms with Crippen LogP contribution in [-0.4, -0.2) is 96.6 Å². The third-order valence-electron chi connectivity index (χ3n) is 7.70. The number of cyclic esters (lactones) is 2. The Kier molecular flexibility index (Phi) is 13.6. The van der Waals surface area contributed by atoms with Crippen LogP contribution in [0, 0.1) is 0 Å². The first-order valence-electron chi connectivity index (χ1n) is 16.2. The molecule has 2 aromatic carbocycles. The molecular weight excluding hydrogens is 682 g/mol. The molecule has 2 heterocycles. The zero-order valence-corrected chi connectivity index (χ0v) is 28.3. The van der Waals surface area contributed by atoms with Gasteiger partial charge < -0.3 is 51.1 Å². The van der Waals surface area contributed by atoms with E-state index < -0.39 is 98.0 Å². The van der Waals surface area contributed by atoms with E-state index in [1.807, 2.05) is 18.2 Å². The van der Waals surface area contributed by atoms with Gasteiger partial charge in [0.05, 0.1) is 19.5 Å². The molecule has 0 aliphatic carbocycles. The minimum absolute atomic E-state index is 0.0342. The first-order chi connectivity index (χ1) is 24.9. The van der Waals surface area contributed by atoms with E-state index in [4.69, 9.17) is 14.2 Å². The van der Waals surface area contributed by atoms with Crippen LogP contribution < -0.4 is 31.9 Å². The summed E-state index contributed by atoms with van der Waals surface area (Å²) in [5.41, 5.74) is 2.12. The van der Waals surface area contributed by atoms with Crippen LogP contribution in [-0.2, 0) is 60.8 Å². The van der Waals surface area contributed by atoms with E-state index in [9.17, 15) is 38.4 Å². The molecule has 18 heteroatoms. The van der Waals surface area contributed by atoms with Gasteiger partial charge in [-0.3, -0.25) is 28.8 Å². The molecule has 1 aromatic heterocycles. The summed E-state index contributed by atoms with van der Waals surface area (Å²) >= 11 is 0. The van der Waals surface area contributed by atoms with Gasteiger partial charge in [-0.15, -0.1) is 0 Å². The van der Waals surface area contributed by atoms with E-state index in [0.29, 0.717) is 11.1 Å². The first kappa shape index (κ1) is 38.3. The van der Waals surface area contributed by atoms with Gasteiger partial charge in [-0.05, 0) is 31.0 Å². The van der Waals surface area contributed by atoms with Crippen molar-refractivity contribution in [1.82, 2.24) is 36.9 Å². The standard InChI is InChI=1S/C34H39N7O11/c1-19-30(45)37-15-27(42)36-16-28(43)40-26(13-29(44)50-17-21-8-4-3-5-9-21)32(47)39-20(2)33(48)51-18-52-34(49)41-25(31(46)38-19)12-22-14-35-24-11-7-6-10-23(22)24/h3-11,14,19-20,25-26,35H,12-13,15-18H2,1-2H3,(H,36,42)(H,37,45)(H,38,46)(H,39,47)(H,40,43)(H,41,49)/t19-,20-,25-,26-/m0/s1. The summed E-state index contributed by atoms with van der Waals surface area (Å²) in [6.07, 6.45) is -0.148. The number of aromatic amines is 1. The molecule has 1 fully saturated rings. The van der Waals surface area contributed by atoms with Crippen molar-refractivity contribution >= 4 is 58.5 Å². The number of carbonyl (C=O) groups is 8. The average molecular weight is 722 g/mol. The first-order valence-corrected chi connectivity index (χ1v) is 16.2. The van der Waals surface area contributed by atoms with Crippen LogP contribution in [0.4, 0.5) is 4.79 Å². The molecule has 1 aliphatic rings. The summed E-state index contributed by atoms with van der Waals surface area (Å²) in [4.78, 5) is 105. The Hall–Kier alpha value is -6.46. The van der Waals surface area contributed by atoms with Gasteiger partial charge in [0.25, 0.3) is 0 Å². The molecule has 0 saturated carbocycles. The molecule has 0 unspecified atom stereocenters. The number of benzene rings is 2. The normalized spacial score (nSPS) is 21.7. The summed E-state index contributed by atoms with van der Waals surface area (Å²) in [6, 6.07) is 10.6. The zero-order valence-electron chi connectivity index (χ0n) is 28.3. The van der Waals surface area contributed by atoms with Crippen molar-refractivity contribution in [2.24, 2.45) is 0 Å². The van der Waals surface area contributed by atoms with Crippen molar-refractivity contribution in [3.8, 4) is 0 Å². The van der Waals surface area contributed by atoms with Gasteiger partial charge in [0.2, 0.25) is 36.3 Å². The molecule has 4 rings (SSSR count). The van der Waals surface area contributed by atoms with E-state index >= 15 is 0 Å². The number of para-hydroxylation sites is 1. The molecule has 0 radical (unpaired) electrons. The number of amides is 6. The van der Waals surface area contributed by atoms with E-state index in [0.717, 1.165) is 10.9 Å². The minimum atomic E-state index is -1.54. The van der Waals surface area contributed by atoms with Crippen molar-refractivity contribution in [2.75, 3.05) is 19.9 Å². The summed E-state index contributed by atoms with van der Waals surface area (Å²) < 4.78 is 15.1. The number of H-pyrrole nitrogens is 1. The van der Waals surface area contributed by atoms with E-state index in [2.05, 4.69) is 36.9 Å². The molecule has 4 atom stereocenters. The number of nitrogens with one attached hydrogen (secondary N) is 7. The van der Waals surface area contributed by atoms with Gasteiger partial charge in [0, 0.05) is 23.5 Å². The van der Waals surface area contributed by atoms with Crippen molar-refractivity contribution in [3.05, 3.63) is 71.9 Å². The zero-order chi connectivity index (χ0) is 37.6. The monoisotopic (exact) mass is 721 g/mol. The van der Waals surface area contributed by atoms with Crippen LogP contribution in [0.2, 0.25) is 0 Å². The minimum Gasteiger partial charge on any atom is -0.461 e. The summed E-state index contributed by atoms with van der Waals surface area (Å²) in [6.45, 7) is 0.374. The highest BCUT2D eigenvalue weighted by Gasteiger charge is 2.30. The maximum atomic E-state index is 13.3. The Morgan fingerprint density at radius 1 is 0.731 bits per heavy atom. The van der Waals surface area contributed by atoms with Crippen molar-refractivity contribution in [3.63, 3.8) is 0 Å². The number of hydrogen-bond donors (Lipinski definition) is 7. The maximum Gasteiger partial charge on any atom is 0.410 e. The van der Waals surface area contributed by atoms with E-state index in [1.165, 1.54) is 13.8 Å².